The highest BCUT2D eigenvalue weighted by molar-refractivity contribution is 5.94. The SMILES string of the molecule is O=C(NC[C@H]1CCCO1)c1ccc(-c2nc(-c3ccc(F)cc3)no2)cc1. The molecular formula is C20H18FN3O3. The number of rotatable bonds is 5. The Morgan fingerprint density at radius 2 is 1.85 bits per heavy atom. The van der Waals surface area contributed by atoms with Gasteiger partial charge in [-0.15, -0.1) is 0 Å². The van der Waals surface area contributed by atoms with Crippen LogP contribution in [0.2, 0.25) is 0 Å². The lowest BCUT2D eigenvalue weighted by Crippen LogP contribution is -2.31. The van der Waals surface area contributed by atoms with E-state index in [4.69, 9.17) is 9.26 Å². The summed E-state index contributed by atoms with van der Waals surface area (Å²) in [6.45, 7) is 1.28. The van der Waals surface area contributed by atoms with Gasteiger partial charge in [0.25, 0.3) is 11.8 Å². The van der Waals surface area contributed by atoms with Crippen LogP contribution >= 0.6 is 0 Å². The van der Waals surface area contributed by atoms with Crippen LogP contribution in [0, 0.1) is 5.82 Å². The molecular weight excluding hydrogens is 349 g/mol. The summed E-state index contributed by atoms with van der Waals surface area (Å²) in [4.78, 5) is 16.5. The van der Waals surface area contributed by atoms with E-state index in [0.717, 1.165) is 19.4 Å². The van der Waals surface area contributed by atoms with Gasteiger partial charge in [-0.25, -0.2) is 4.39 Å². The first-order valence-electron chi connectivity index (χ1n) is 8.79. The second-order valence-electron chi connectivity index (χ2n) is 6.35. The fourth-order valence-corrected chi connectivity index (χ4v) is 2.94. The molecule has 0 aliphatic carbocycles. The summed E-state index contributed by atoms with van der Waals surface area (Å²) in [5.74, 6) is 0.245. The smallest absolute Gasteiger partial charge is 0.258 e. The van der Waals surface area contributed by atoms with Crippen molar-refractivity contribution in [1.82, 2.24) is 15.5 Å². The molecule has 3 aromatic rings. The number of nitrogens with zero attached hydrogens (tertiary/aromatic N) is 2. The minimum absolute atomic E-state index is 0.108. The van der Waals surface area contributed by atoms with E-state index in [1.54, 1.807) is 36.4 Å². The van der Waals surface area contributed by atoms with Crippen molar-refractivity contribution in [2.45, 2.75) is 18.9 Å². The summed E-state index contributed by atoms with van der Waals surface area (Å²) in [5.41, 5.74) is 1.91. The van der Waals surface area contributed by atoms with E-state index < -0.39 is 0 Å². The number of hydrogen-bond acceptors (Lipinski definition) is 5. The number of nitrogens with one attached hydrogen (secondary N) is 1. The molecule has 1 amide bonds. The molecule has 0 bridgehead atoms. The standard InChI is InChI=1S/C20H18FN3O3/c21-16-9-7-13(8-10-16)18-23-20(27-24-18)15-5-3-14(4-6-15)19(25)22-12-17-2-1-11-26-17/h3-10,17H,1-2,11-12H2,(H,22,25)/t17-/m1/s1. The molecule has 27 heavy (non-hydrogen) atoms. The lowest BCUT2D eigenvalue weighted by molar-refractivity contribution is 0.0858. The molecule has 138 valence electrons. The number of benzene rings is 2. The first kappa shape index (κ1) is 17.4. The van der Waals surface area contributed by atoms with Gasteiger partial charge in [-0.2, -0.15) is 4.98 Å². The lowest BCUT2D eigenvalue weighted by atomic mass is 10.1. The average molecular weight is 367 g/mol. The zero-order valence-electron chi connectivity index (χ0n) is 14.5. The van der Waals surface area contributed by atoms with E-state index in [2.05, 4.69) is 15.5 Å². The zero-order chi connectivity index (χ0) is 18.6. The molecule has 1 aliphatic heterocycles. The van der Waals surface area contributed by atoms with Crippen molar-refractivity contribution in [2.24, 2.45) is 0 Å². The molecule has 0 unspecified atom stereocenters. The maximum atomic E-state index is 13.0. The van der Waals surface area contributed by atoms with Gasteiger partial charge in [-0.1, -0.05) is 5.16 Å². The number of carbonyl (C=O) groups is 1. The van der Waals surface area contributed by atoms with Crippen LogP contribution in [0.25, 0.3) is 22.8 Å². The van der Waals surface area contributed by atoms with Crippen molar-refractivity contribution in [2.75, 3.05) is 13.2 Å². The third-order valence-corrected chi connectivity index (χ3v) is 4.44. The Morgan fingerprint density at radius 3 is 2.56 bits per heavy atom. The van der Waals surface area contributed by atoms with Gasteiger partial charge in [0.1, 0.15) is 5.82 Å². The summed E-state index contributed by atoms with van der Waals surface area (Å²) in [5, 5.41) is 6.81. The molecule has 0 radical (unpaired) electrons. The maximum absolute atomic E-state index is 13.0. The van der Waals surface area contributed by atoms with Crippen LogP contribution in [0.3, 0.4) is 0 Å². The fourth-order valence-electron chi connectivity index (χ4n) is 2.94. The molecule has 0 saturated carbocycles. The molecule has 1 fully saturated rings. The van der Waals surface area contributed by atoms with Crippen molar-refractivity contribution in [3.05, 3.63) is 59.9 Å². The third-order valence-electron chi connectivity index (χ3n) is 4.44. The minimum Gasteiger partial charge on any atom is -0.376 e. The number of carbonyl (C=O) groups excluding carboxylic acids is 1. The van der Waals surface area contributed by atoms with Gasteiger partial charge in [0.15, 0.2) is 0 Å². The summed E-state index contributed by atoms with van der Waals surface area (Å²) in [7, 11) is 0. The Morgan fingerprint density at radius 1 is 1.11 bits per heavy atom. The molecule has 0 spiro atoms. The van der Waals surface area contributed by atoms with Crippen molar-refractivity contribution >= 4 is 5.91 Å². The second-order valence-corrected chi connectivity index (χ2v) is 6.35. The van der Waals surface area contributed by atoms with Gasteiger partial charge >= 0.3 is 0 Å². The van der Waals surface area contributed by atoms with Crippen LogP contribution in [0.15, 0.2) is 53.1 Å². The molecule has 2 aromatic carbocycles. The minimum atomic E-state index is -0.323. The largest absolute Gasteiger partial charge is 0.376 e. The summed E-state index contributed by atoms with van der Waals surface area (Å²) in [6.07, 6.45) is 2.13. The molecule has 1 atom stereocenters. The number of aromatic nitrogens is 2. The van der Waals surface area contributed by atoms with E-state index in [9.17, 15) is 9.18 Å². The molecule has 7 heteroatoms. The molecule has 1 N–H and O–H groups in total. The van der Waals surface area contributed by atoms with Gasteiger partial charge in [0.2, 0.25) is 5.82 Å². The van der Waals surface area contributed by atoms with Crippen LogP contribution in [0.4, 0.5) is 4.39 Å². The Balaban J connectivity index is 1.42. The molecule has 1 saturated heterocycles. The molecule has 6 nitrogen and oxygen atoms in total. The zero-order valence-corrected chi connectivity index (χ0v) is 14.5. The molecule has 1 aromatic heterocycles. The van der Waals surface area contributed by atoms with Gasteiger partial charge in [0.05, 0.1) is 6.10 Å². The number of hydrogen-bond donors (Lipinski definition) is 1. The summed E-state index contributed by atoms with van der Waals surface area (Å²) in [6, 6.07) is 12.8. The lowest BCUT2D eigenvalue weighted by Gasteiger charge is -2.10. The third kappa shape index (κ3) is 4.03. The number of halogens is 1. The van der Waals surface area contributed by atoms with Gasteiger partial charge in [-0.05, 0) is 61.4 Å². The monoisotopic (exact) mass is 367 g/mol. The predicted octanol–water partition coefficient (Wildman–Crippen LogP) is 3.45. The van der Waals surface area contributed by atoms with Crippen molar-refractivity contribution in [3.8, 4) is 22.8 Å². The fraction of sp³-hybridized carbons (Fsp3) is 0.250. The van der Waals surface area contributed by atoms with E-state index in [1.807, 2.05) is 0 Å². The van der Waals surface area contributed by atoms with Gasteiger partial charge < -0.3 is 14.6 Å². The molecule has 1 aliphatic rings. The first-order chi connectivity index (χ1) is 13.2. The normalized spacial score (nSPS) is 16.4. The predicted molar refractivity (Wildman–Crippen MR) is 96.4 cm³/mol. The highest BCUT2D eigenvalue weighted by atomic mass is 19.1. The van der Waals surface area contributed by atoms with Crippen molar-refractivity contribution < 1.29 is 18.4 Å². The van der Waals surface area contributed by atoms with Gasteiger partial charge in [0, 0.05) is 29.8 Å². The Hall–Kier alpha value is -3.06. The van der Waals surface area contributed by atoms with E-state index >= 15 is 0 Å². The van der Waals surface area contributed by atoms with Crippen LogP contribution in [0.5, 0.6) is 0 Å². The molecule has 2 heterocycles. The average Bonchev–Trinajstić information content (AvgIpc) is 3.39. The summed E-state index contributed by atoms with van der Waals surface area (Å²) >= 11 is 0. The summed E-state index contributed by atoms with van der Waals surface area (Å²) < 4.78 is 23.8. The van der Waals surface area contributed by atoms with Crippen molar-refractivity contribution in [1.29, 1.82) is 0 Å². The maximum Gasteiger partial charge on any atom is 0.258 e. The van der Waals surface area contributed by atoms with Crippen LogP contribution in [0.1, 0.15) is 23.2 Å². The van der Waals surface area contributed by atoms with E-state index in [0.29, 0.717) is 35.0 Å². The highest BCUT2D eigenvalue weighted by Gasteiger charge is 2.17. The van der Waals surface area contributed by atoms with Crippen LogP contribution < -0.4 is 5.32 Å². The van der Waals surface area contributed by atoms with Crippen LogP contribution in [-0.4, -0.2) is 35.3 Å². The number of ether oxygens (including phenoxy) is 1. The first-order valence-corrected chi connectivity index (χ1v) is 8.79. The Labute approximate surface area is 155 Å². The Kier molecular flexibility index (Phi) is 4.93. The highest BCUT2D eigenvalue weighted by Crippen LogP contribution is 2.22. The van der Waals surface area contributed by atoms with E-state index in [1.165, 1.54) is 12.1 Å². The molecule has 4 rings (SSSR count). The quantitative estimate of drug-likeness (QED) is 0.747. The van der Waals surface area contributed by atoms with E-state index in [-0.39, 0.29) is 17.8 Å². The topological polar surface area (TPSA) is 77.2 Å². The van der Waals surface area contributed by atoms with Gasteiger partial charge in [-0.3, -0.25) is 4.79 Å². The Bertz CT molecular complexity index is 916. The second kappa shape index (κ2) is 7.67. The van der Waals surface area contributed by atoms with Crippen molar-refractivity contribution in [3.63, 3.8) is 0 Å². The van der Waals surface area contributed by atoms with Crippen LogP contribution in [-0.2, 0) is 4.74 Å². The number of amides is 1.